The highest BCUT2D eigenvalue weighted by atomic mass is 16.3. The molecule has 10 heteroatoms. The van der Waals surface area contributed by atoms with Crippen LogP contribution in [0.2, 0.25) is 0 Å². The van der Waals surface area contributed by atoms with E-state index in [0.29, 0.717) is 0 Å². The molecule has 0 fully saturated rings. The van der Waals surface area contributed by atoms with Gasteiger partial charge in [-0.15, -0.1) is 0 Å². The highest BCUT2D eigenvalue weighted by Gasteiger charge is 2.21. The summed E-state index contributed by atoms with van der Waals surface area (Å²) in [7, 11) is 6.60. The van der Waals surface area contributed by atoms with Crippen LogP contribution in [0.3, 0.4) is 0 Å². The Hall–Kier alpha value is -1.18. The number of quaternary nitrogens is 1. The molecule has 0 spiro atoms. The quantitative estimate of drug-likeness (QED) is 0.206. The molecule has 0 atom stereocenters. The Morgan fingerprint density at radius 2 is 0.964 bits per heavy atom. The third kappa shape index (κ3) is 15.8. The summed E-state index contributed by atoms with van der Waals surface area (Å²) in [5.74, 6) is 0. The molecule has 1 aromatic rings. The van der Waals surface area contributed by atoms with Crippen molar-refractivity contribution in [2.75, 3.05) is 60.8 Å². The first-order valence-corrected chi connectivity index (χ1v) is 8.52. The van der Waals surface area contributed by atoms with Gasteiger partial charge in [0.2, 0.25) is 0 Å². The maximum absolute atomic E-state index is 8.34. The van der Waals surface area contributed by atoms with E-state index in [0.717, 1.165) is 11.0 Å². The average Bonchev–Trinajstić information content (AvgIpc) is 2.67. The summed E-state index contributed by atoms with van der Waals surface area (Å²) in [4.78, 5) is 0. The summed E-state index contributed by atoms with van der Waals surface area (Å²) < 4.78 is 0.990. The van der Waals surface area contributed by atoms with E-state index in [2.05, 4.69) is 51.5 Å². The lowest BCUT2D eigenvalue weighted by atomic mass is 10.1. The topological polar surface area (TPSA) is 203 Å². The van der Waals surface area contributed by atoms with Crippen LogP contribution in [0.1, 0.15) is 5.56 Å². The molecule has 0 saturated heterocycles. The maximum Gasteiger partial charge on any atom is 0.104 e. The van der Waals surface area contributed by atoms with Crippen LogP contribution in [0.5, 0.6) is 0 Å². The summed E-state index contributed by atoms with van der Waals surface area (Å²) in [6.45, 7) is -1.32. The second-order valence-corrected chi connectivity index (χ2v) is 7.61. The predicted molar refractivity (Wildman–Crippen MR) is 106 cm³/mol. The molecule has 0 aliphatic heterocycles. The molecule has 28 heavy (non-hydrogen) atoms. The summed E-state index contributed by atoms with van der Waals surface area (Å²) >= 11 is 0. The van der Waals surface area contributed by atoms with Crippen LogP contribution in [-0.2, 0) is 6.54 Å². The molecular formula is C18H39N3O7. The fraction of sp³-hybridized carbons (Fsp3) is 0.667. The lowest BCUT2D eigenvalue weighted by Gasteiger charge is -2.23. The molecule has 1 rings (SSSR count). The Morgan fingerprint density at radius 3 is 1.14 bits per heavy atom. The summed E-state index contributed by atoms with van der Waals surface area (Å²) in [6, 6.07) is 10.6. The Kier molecular flexibility index (Phi) is 17.7. The largest absolute Gasteiger partial charge is 0.870 e. The lowest BCUT2D eigenvalue weighted by molar-refractivity contribution is -0.884. The minimum atomic E-state index is -1.21. The summed E-state index contributed by atoms with van der Waals surface area (Å²) in [5, 5.41) is 50.0. The standard InChI is InChI=1S/C10H16N.2C4H11NO3.H2O/c1-11(2,3)9-10-7-5-4-6-8-10;2*5-4(1-6,2-7)3-8;/h4-8H,9H2,1-3H3;2*6-8H,1-3,5H2;1H2/q+1;;;/p-1. The van der Waals surface area contributed by atoms with Gasteiger partial charge in [0, 0.05) is 5.56 Å². The molecule has 168 valence electrons. The minimum Gasteiger partial charge on any atom is -0.870 e. The van der Waals surface area contributed by atoms with E-state index >= 15 is 0 Å². The molecule has 1 aromatic carbocycles. The molecule has 0 saturated carbocycles. The van der Waals surface area contributed by atoms with E-state index in [1.165, 1.54) is 5.56 Å². The van der Waals surface area contributed by atoms with Gasteiger partial charge in [-0.1, -0.05) is 30.3 Å². The van der Waals surface area contributed by atoms with E-state index in [4.69, 9.17) is 42.1 Å². The highest BCUT2D eigenvalue weighted by Crippen LogP contribution is 2.05. The van der Waals surface area contributed by atoms with Crippen molar-refractivity contribution >= 4 is 0 Å². The smallest absolute Gasteiger partial charge is 0.104 e. The zero-order chi connectivity index (χ0) is 21.6. The molecule has 0 heterocycles. The number of hydrogen-bond acceptors (Lipinski definition) is 9. The molecule has 0 unspecified atom stereocenters. The van der Waals surface area contributed by atoms with Gasteiger partial charge in [0.1, 0.15) is 6.54 Å². The minimum absolute atomic E-state index is 0. The number of aliphatic hydroxyl groups is 6. The van der Waals surface area contributed by atoms with Crippen molar-refractivity contribution in [3.8, 4) is 0 Å². The van der Waals surface area contributed by atoms with Crippen LogP contribution in [0.15, 0.2) is 30.3 Å². The Balaban J connectivity index is -0.000000337. The second kappa shape index (κ2) is 15.7. The van der Waals surface area contributed by atoms with E-state index in [1.807, 2.05) is 0 Å². The average molecular weight is 410 g/mol. The molecule has 11 N–H and O–H groups in total. The van der Waals surface area contributed by atoms with Gasteiger partial charge in [-0.05, 0) is 0 Å². The summed E-state index contributed by atoms with van der Waals surface area (Å²) in [5.41, 5.74) is 9.28. The Bertz CT molecular complexity index is 427. The van der Waals surface area contributed by atoms with Gasteiger partial charge in [-0.25, -0.2) is 0 Å². The van der Waals surface area contributed by atoms with E-state index in [9.17, 15) is 0 Å². The first-order chi connectivity index (χ1) is 12.4. The molecule has 0 aromatic heterocycles. The van der Waals surface area contributed by atoms with Crippen molar-refractivity contribution in [2.24, 2.45) is 11.5 Å². The SMILES string of the molecule is C[N+](C)(C)Cc1ccccc1.NC(CO)(CO)CO.NC(CO)(CO)CO.[OH-]. The molecule has 0 bridgehead atoms. The zero-order valence-corrected chi connectivity index (χ0v) is 17.1. The molecular weight excluding hydrogens is 370 g/mol. The van der Waals surface area contributed by atoms with Gasteiger partial charge in [0.25, 0.3) is 0 Å². The highest BCUT2D eigenvalue weighted by molar-refractivity contribution is 5.13. The van der Waals surface area contributed by atoms with Crippen molar-refractivity contribution in [1.82, 2.24) is 0 Å². The van der Waals surface area contributed by atoms with Gasteiger partial charge in [0.15, 0.2) is 0 Å². The molecule has 0 aliphatic rings. The van der Waals surface area contributed by atoms with E-state index in [1.54, 1.807) is 0 Å². The van der Waals surface area contributed by atoms with Crippen molar-refractivity contribution in [1.29, 1.82) is 0 Å². The second-order valence-electron chi connectivity index (χ2n) is 7.61. The van der Waals surface area contributed by atoms with Gasteiger partial charge in [-0.3, -0.25) is 0 Å². The zero-order valence-electron chi connectivity index (χ0n) is 17.1. The van der Waals surface area contributed by atoms with Crippen LogP contribution in [0, 0.1) is 0 Å². The number of hydrogen-bond donors (Lipinski definition) is 8. The Morgan fingerprint density at radius 1 is 0.679 bits per heavy atom. The van der Waals surface area contributed by atoms with Crippen molar-refractivity contribution in [2.45, 2.75) is 17.6 Å². The monoisotopic (exact) mass is 409 g/mol. The first kappa shape index (κ1) is 31.5. The van der Waals surface area contributed by atoms with Gasteiger partial charge >= 0.3 is 0 Å². The van der Waals surface area contributed by atoms with Crippen LogP contribution in [-0.4, -0.2) is 112 Å². The van der Waals surface area contributed by atoms with Gasteiger partial charge in [0.05, 0.1) is 71.9 Å². The number of nitrogens with zero attached hydrogens (tertiary/aromatic N) is 1. The first-order valence-electron chi connectivity index (χ1n) is 8.52. The third-order valence-corrected chi connectivity index (χ3v) is 3.39. The van der Waals surface area contributed by atoms with Gasteiger partial charge < -0.3 is 52.1 Å². The fourth-order valence-corrected chi connectivity index (χ4v) is 1.43. The Labute approximate surface area is 167 Å². The summed E-state index contributed by atoms with van der Waals surface area (Å²) in [6.07, 6.45) is 0. The molecule has 0 radical (unpaired) electrons. The normalized spacial score (nSPS) is 11.4. The van der Waals surface area contributed by atoms with E-state index < -0.39 is 50.7 Å². The molecule has 0 aliphatic carbocycles. The maximum atomic E-state index is 8.34. The fourth-order valence-electron chi connectivity index (χ4n) is 1.43. The molecule has 0 amide bonds. The third-order valence-electron chi connectivity index (χ3n) is 3.39. The van der Waals surface area contributed by atoms with Crippen LogP contribution in [0.4, 0.5) is 0 Å². The number of benzene rings is 1. The molecule has 10 nitrogen and oxygen atoms in total. The van der Waals surface area contributed by atoms with Crippen molar-refractivity contribution < 1.29 is 40.6 Å². The number of aliphatic hydroxyl groups excluding tert-OH is 6. The van der Waals surface area contributed by atoms with Crippen LogP contribution in [0.25, 0.3) is 0 Å². The van der Waals surface area contributed by atoms with Crippen molar-refractivity contribution in [3.05, 3.63) is 35.9 Å². The van der Waals surface area contributed by atoms with Crippen LogP contribution < -0.4 is 11.5 Å². The number of nitrogens with two attached hydrogens (primary N) is 2. The van der Waals surface area contributed by atoms with E-state index in [-0.39, 0.29) is 5.48 Å². The van der Waals surface area contributed by atoms with Crippen molar-refractivity contribution in [3.63, 3.8) is 0 Å². The van der Waals surface area contributed by atoms with Gasteiger partial charge in [-0.2, -0.15) is 0 Å². The van der Waals surface area contributed by atoms with Crippen LogP contribution >= 0.6 is 0 Å². The number of rotatable bonds is 8. The predicted octanol–water partition coefficient (Wildman–Crippen LogP) is -2.96. The lowest BCUT2D eigenvalue weighted by Crippen LogP contribution is -2.50.